The van der Waals surface area contributed by atoms with Crippen LogP contribution in [0.3, 0.4) is 0 Å². The number of hydrogen-bond acceptors (Lipinski definition) is 3. The number of carbonyl (C=O) groups is 3. The number of halogens is 2. The minimum atomic E-state index is -1.53. The van der Waals surface area contributed by atoms with Crippen LogP contribution in [0.2, 0.25) is 5.02 Å². The van der Waals surface area contributed by atoms with Gasteiger partial charge in [0.15, 0.2) is 6.04 Å². The second-order valence-corrected chi connectivity index (χ2v) is 4.92. The van der Waals surface area contributed by atoms with E-state index in [0.717, 1.165) is 0 Å². The van der Waals surface area contributed by atoms with Gasteiger partial charge in [0.25, 0.3) is 5.91 Å². The van der Waals surface area contributed by atoms with Crippen LogP contribution < -0.4 is 10.6 Å². The fraction of sp³-hybridized carbons (Fsp3) is 0.357. The van der Waals surface area contributed by atoms with Crippen LogP contribution in [0, 0.1) is 0 Å². The molecule has 0 spiro atoms. The predicted molar refractivity (Wildman–Crippen MR) is 78.6 cm³/mol. The van der Waals surface area contributed by atoms with Crippen LogP contribution >= 0.6 is 11.6 Å². The fourth-order valence-corrected chi connectivity index (χ4v) is 1.71. The van der Waals surface area contributed by atoms with Crippen LogP contribution in [0.5, 0.6) is 0 Å². The van der Waals surface area contributed by atoms with Crippen molar-refractivity contribution in [1.82, 2.24) is 10.6 Å². The monoisotopic (exact) mass is 330 g/mol. The summed E-state index contributed by atoms with van der Waals surface area (Å²) in [6, 6.07) is 4.79. The molecule has 0 bridgehead atoms. The number of carbonyl (C=O) groups excluding carboxylic acids is 2. The Morgan fingerprint density at radius 2 is 1.86 bits per heavy atom. The van der Waals surface area contributed by atoms with Crippen LogP contribution in [-0.2, 0) is 9.59 Å². The molecule has 1 aromatic carbocycles. The van der Waals surface area contributed by atoms with Gasteiger partial charge >= 0.3 is 5.97 Å². The zero-order valence-electron chi connectivity index (χ0n) is 11.6. The van der Waals surface area contributed by atoms with Crippen molar-refractivity contribution >= 4 is 29.4 Å². The van der Waals surface area contributed by atoms with E-state index in [4.69, 9.17) is 16.7 Å². The number of carboxylic acid groups (broad SMARTS) is 1. The molecule has 0 aliphatic carbocycles. The Morgan fingerprint density at radius 1 is 1.23 bits per heavy atom. The molecule has 1 unspecified atom stereocenters. The Morgan fingerprint density at radius 3 is 2.41 bits per heavy atom. The highest BCUT2D eigenvalue weighted by molar-refractivity contribution is 6.30. The van der Waals surface area contributed by atoms with E-state index in [9.17, 15) is 18.8 Å². The van der Waals surface area contributed by atoms with E-state index < -0.39 is 24.6 Å². The average Bonchev–Trinajstić information content (AvgIpc) is 2.49. The number of benzene rings is 1. The average molecular weight is 331 g/mol. The second-order valence-electron chi connectivity index (χ2n) is 4.48. The molecule has 120 valence electrons. The molecule has 0 aliphatic heterocycles. The van der Waals surface area contributed by atoms with E-state index in [-0.39, 0.29) is 18.9 Å². The van der Waals surface area contributed by atoms with Gasteiger partial charge in [-0.15, -0.1) is 0 Å². The van der Waals surface area contributed by atoms with Crippen molar-refractivity contribution in [2.75, 3.05) is 13.2 Å². The summed E-state index contributed by atoms with van der Waals surface area (Å²) in [4.78, 5) is 33.7. The third-order valence-corrected chi connectivity index (χ3v) is 3.01. The van der Waals surface area contributed by atoms with E-state index in [0.29, 0.717) is 17.0 Å². The molecule has 1 rings (SSSR count). The molecule has 0 aromatic heterocycles. The van der Waals surface area contributed by atoms with E-state index in [1.165, 1.54) is 0 Å². The summed E-state index contributed by atoms with van der Waals surface area (Å²) < 4.78 is 12.3. The van der Waals surface area contributed by atoms with Gasteiger partial charge in [-0.25, -0.2) is 9.18 Å². The zero-order valence-corrected chi connectivity index (χ0v) is 12.4. The Labute approximate surface area is 131 Å². The van der Waals surface area contributed by atoms with Crippen molar-refractivity contribution in [1.29, 1.82) is 0 Å². The van der Waals surface area contributed by atoms with Crippen LogP contribution in [-0.4, -0.2) is 42.2 Å². The molecule has 1 atom stereocenters. The molecule has 0 fully saturated rings. The molecule has 2 amide bonds. The molecule has 0 saturated carbocycles. The number of rotatable bonds is 8. The maximum Gasteiger partial charge on any atom is 0.328 e. The smallest absolute Gasteiger partial charge is 0.328 e. The molecular weight excluding hydrogens is 315 g/mol. The quantitative estimate of drug-likeness (QED) is 0.628. The van der Waals surface area contributed by atoms with E-state index in [1.807, 2.05) is 0 Å². The topological polar surface area (TPSA) is 95.5 Å². The Kier molecular flexibility index (Phi) is 7.31. The standard InChI is InChI=1S/C14H16ClFN2O4/c15-10-5-3-9(4-6-10)13(20)17-7-1-2-12(19)18-11(8-16)14(21)22/h3-6,11H,1-2,7-8H2,(H,17,20)(H,18,19)(H,21,22). The van der Waals surface area contributed by atoms with Gasteiger partial charge in [0, 0.05) is 23.6 Å². The molecule has 8 heteroatoms. The largest absolute Gasteiger partial charge is 0.480 e. The second kappa shape index (κ2) is 8.99. The number of alkyl halides is 1. The van der Waals surface area contributed by atoms with Gasteiger partial charge in [0.05, 0.1) is 0 Å². The lowest BCUT2D eigenvalue weighted by molar-refractivity contribution is -0.142. The predicted octanol–water partition coefficient (Wildman–Crippen LogP) is 1.39. The number of hydrogen-bond donors (Lipinski definition) is 3. The zero-order chi connectivity index (χ0) is 16.5. The van der Waals surface area contributed by atoms with Crippen LogP contribution in [0.1, 0.15) is 23.2 Å². The highest BCUT2D eigenvalue weighted by Crippen LogP contribution is 2.09. The third-order valence-electron chi connectivity index (χ3n) is 2.76. The van der Waals surface area contributed by atoms with Crippen LogP contribution in [0.15, 0.2) is 24.3 Å². The number of nitrogens with one attached hydrogen (secondary N) is 2. The van der Waals surface area contributed by atoms with Gasteiger partial charge in [-0.05, 0) is 30.7 Å². The van der Waals surface area contributed by atoms with Crippen LogP contribution in [0.25, 0.3) is 0 Å². The molecule has 1 aromatic rings. The van der Waals surface area contributed by atoms with E-state index >= 15 is 0 Å². The van der Waals surface area contributed by atoms with Crippen LogP contribution in [0.4, 0.5) is 4.39 Å². The Balaban J connectivity index is 2.27. The molecule has 22 heavy (non-hydrogen) atoms. The Hall–Kier alpha value is -2.15. The first-order valence-electron chi connectivity index (χ1n) is 6.56. The minimum Gasteiger partial charge on any atom is -0.480 e. The summed E-state index contributed by atoms with van der Waals surface area (Å²) in [5.41, 5.74) is 0.442. The summed E-state index contributed by atoms with van der Waals surface area (Å²) in [5.74, 6) is -2.30. The maximum absolute atomic E-state index is 12.3. The lowest BCUT2D eigenvalue weighted by atomic mass is 10.2. The first-order chi connectivity index (χ1) is 10.4. The molecule has 6 nitrogen and oxygen atoms in total. The first-order valence-corrected chi connectivity index (χ1v) is 6.93. The van der Waals surface area contributed by atoms with E-state index in [1.54, 1.807) is 24.3 Å². The van der Waals surface area contributed by atoms with Gasteiger partial charge in [0.1, 0.15) is 6.67 Å². The highest BCUT2D eigenvalue weighted by Gasteiger charge is 2.19. The first kappa shape index (κ1) is 17.9. The number of amides is 2. The normalized spacial score (nSPS) is 11.5. The maximum atomic E-state index is 12.3. The SMILES string of the molecule is O=C(CCCNC(=O)c1ccc(Cl)cc1)NC(CF)C(=O)O. The van der Waals surface area contributed by atoms with Crippen molar-refractivity contribution in [3.63, 3.8) is 0 Å². The summed E-state index contributed by atoms with van der Waals surface area (Å²) in [7, 11) is 0. The summed E-state index contributed by atoms with van der Waals surface area (Å²) in [6.45, 7) is -0.934. The summed E-state index contributed by atoms with van der Waals surface area (Å²) in [6.07, 6.45) is 0.300. The molecule has 0 heterocycles. The fourth-order valence-electron chi connectivity index (χ4n) is 1.59. The molecule has 0 radical (unpaired) electrons. The summed E-state index contributed by atoms with van der Waals surface area (Å²) >= 11 is 5.71. The summed E-state index contributed by atoms with van der Waals surface area (Å²) in [5, 5.41) is 13.8. The van der Waals surface area contributed by atoms with Crippen molar-refractivity contribution in [3.05, 3.63) is 34.9 Å². The number of aliphatic carboxylic acids is 1. The highest BCUT2D eigenvalue weighted by atomic mass is 35.5. The Bertz CT molecular complexity index is 536. The molecule has 3 N–H and O–H groups in total. The lowest BCUT2D eigenvalue weighted by Crippen LogP contribution is -2.42. The van der Waals surface area contributed by atoms with Crippen molar-refractivity contribution in [2.45, 2.75) is 18.9 Å². The van der Waals surface area contributed by atoms with Crippen molar-refractivity contribution < 1.29 is 23.9 Å². The minimum absolute atomic E-state index is 0.00925. The molecule has 0 saturated heterocycles. The van der Waals surface area contributed by atoms with Crippen molar-refractivity contribution in [2.24, 2.45) is 0 Å². The third kappa shape index (κ3) is 6.09. The van der Waals surface area contributed by atoms with Gasteiger partial charge in [-0.2, -0.15) is 0 Å². The van der Waals surface area contributed by atoms with Crippen molar-refractivity contribution in [3.8, 4) is 0 Å². The molecular formula is C14H16ClFN2O4. The van der Waals surface area contributed by atoms with E-state index in [2.05, 4.69) is 10.6 Å². The van der Waals surface area contributed by atoms with Gasteiger partial charge in [-0.3, -0.25) is 9.59 Å². The number of carboxylic acids is 1. The molecule has 0 aliphatic rings. The van der Waals surface area contributed by atoms with Gasteiger partial charge < -0.3 is 15.7 Å². The van der Waals surface area contributed by atoms with Gasteiger partial charge in [0.2, 0.25) is 5.91 Å². The van der Waals surface area contributed by atoms with Gasteiger partial charge in [-0.1, -0.05) is 11.6 Å². The lowest BCUT2D eigenvalue weighted by Gasteiger charge is -2.10.